The normalized spacial score (nSPS) is 10.7. The number of ether oxygens (including phenoxy) is 3. The number of nitrogens with one attached hydrogen (secondary N) is 1. The molecule has 1 amide bonds. The Morgan fingerprint density at radius 2 is 1.72 bits per heavy atom. The quantitative estimate of drug-likeness (QED) is 0.520. The van der Waals surface area contributed by atoms with Crippen LogP contribution in [0.2, 0.25) is 5.15 Å². The van der Waals surface area contributed by atoms with E-state index in [-0.39, 0.29) is 16.9 Å². The summed E-state index contributed by atoms with van der Waals surface area (Å²) in [5.41, 5.74) is 2.45. The zero-order valence-corrected chi connectivity index (χ0v) is 19.1. The molecule has 9 heteroatoms. The van der Waals surface area contributed by atoms with E-state index in [2.05, 4.69) is 10.4 Å². The van der Waals surface area contributed by atoms with E-state index in [0.29, 0.717) is 48.0 Å². The number of halogens is 2. The van der Waals surface area contributed by atoms with Crippen LogP contribution in [0.4, 0.5) is 4.39 Å². The number of hydrogen-bond acceptors (Lipinski definition) is 5. The highest BCUT2D eigenvalue weighted by molar-refractivity contribution is 6.33. The van der Waals surface area contributed by atoms with Crippen molar-refractivity contribution >= 4 is 17.5 Å². The third kappa shape index (κ3) is 5.13. The number of rotatable bonds is 9. The molecule has 3 aromatic rings. The summed E-state index contributed by atoms with van der Waals surface area (Å²) in [6.45, 7) is 2.38. The zero-order valence-electron chi connectivity index (χ0n) is 18.4. The van der Waals surface area contributed by atoms with Gasteiger partial charge in [-0.05, 0) is 31.0 Å². The van der Waals surface area contributed by atoms with E-state index in [0.717, 1.165) is 11.1 Å². The lowest BCUT2D eigenvalue weighted by Gasteiger charge is -2.15. The van der Waals surface area contributed by atoms with Crippen molar-refractivity contribution in [3.63, 3.8) is 0 Å². The summed E-state index contributed by atoms with van der Waals surface area (Å²) in [6.07, 6.45) is 0.475. The van der Waals surface area contributed by atoms with Crippen LogP contribution < -0.4 is 19.5 Å². The van der Waals surface area contributed by atoms with Crippen LogP contribution in [-0.2, 0) is 13.0 Å². The minimum Gasteiger partial charge on any atom is -0.496 e. The van der Waals surface area contributed by atoms with Crippen LogP contribution in [-0.4, -0.2) is 43.6 Å². The van der Waals surface area contributed by atoms with Crippen molar-refractivity contribution < 1.29 is 23.4 Å². The number of benzene rings is 2. The molecule has 0 bridgehead atoms. The second kappa shape index (κ2) is 10.4. The maximum Gasteiger partial charge on any atom is 0.256 e. The van der Waals surface area contributed by atoms with Gasteiger partial charge in [0.1, 0.15) is 28.2 Å². The van der Waals surface area contributed by atoms with Gasteiger partial charge < -0.3 is 19.5 Å². The second-order valence-corrected chi connectivity index (χ2v) is 7.41. The molecule has 32 heavy (non-hydrogen) atoms. The van der Waals surface area contributed by atoms with Crippen molar-refractivity contribution in [1.82, 2.24) is 15.1 Å². The smallest absolute Gasteiger partial charge is 0.256 e. The monoisotopic (exact) mass is 461 g/mol. The van der Waals surface area contributed by atoms with E-state index >= 15 is 0 Å². The molecular formula is C23H25ClFN3O4. The first-order chi connectivity index (χ1) is 15.4. The third-order valence-electron chi connectivity index (χ3n) is 5.02. The minimum atomic E-state index is -0.329. The average molecular weight is 462 g/mol. The van der Waals surface area contributed by atoms with Gasteiger partial charge in [0.2, 0.25) is 0 Å². The summed E-state index contributed by atoms with van der Waals surface area (Å²) in [5, 5.41) is 7.47. The molecule has 1 aromatic heterocycles. The first kappa shape index (κ1) is 23.4. The average Bonchev–Trinajstić information content (AvgIpc) is 3.07. The molecule has 0 fully saturated rings. The number of nitrogens with zero attached hydrogens (tertiary/aromatic N) is 2. The fraction of sp³-hybridized carbons (Fsp3) is 0.304. The Bertz CT molecular complexity index is 1070. The van der Waals surface area contributed by atoms with Crippen molar-refractivity contribution in [1.29, 1.82) is 0 Å². The summed E-state index contributed by atoms with van der Waals surface area (Å²) < 4.78 is 30.8. The van der Waals surface area contributed by atoms with Crippen LogP contribution in [0, 0.1) is 12.7 Å². The van der Waals surface area contributed by atoms with Gasteiger partial charge in [-0.15, -0.1) is 0 Å². The number of aromatic nitrogens is 2. The van der Waals surface area contributed by atoms with Gasteiger partial charge in [0.05, 0.1) is 39.1 Å². The van der Waals surface area contributed by atoms with Gasteiger partial charge in [0.15, 0.2) is 0 Å². The first-order valence-electron chi connectivity index (χ1n) is 9.92. The van der Waals surface area contributed by atoms with Gasteiger partial charge in [-0.25, -0.2) is 9.07 Å². The lowest BCUT2D eigenvalue weighted by Crippen LogP contribution is -2.26. The Morgan fingerprint density at radius 3 is 2.28 bits per heavy atom. The predicted octanol–water partition coefficient (Wildman–Crippen LogP) is 4.03. The van der Waals surface area contributed by atoms with E-state index < -0.39 is 0 Å². The fourth-order valence-corrected chi connectivity index (χ4v) is 3.71. The standard InChI is InChI=1S/C23H25ClFN3O4/c1-14-21(22(24)28(27-14)13-15-5-7-16(25)8-6-15)23(29)26-10-9-18-19(31-3)11-17(30-2)12-20(18)32-4/h5-8,11-12H,9-10,13H2,1-4H3,(H,26,29). The minimum absolute atomic E-state index is 0.226. The summed E-state index contributed by atoms with van der Waals surface area (Å²) in [6, 6.07) is 9.57. The van der Waals surface area contributed by atoms with Gasteiger partial charge in [-0.2, -0.15) is 5.10 Å². The number of amides is 1. The molecule has 3 rings (SSSR count). The van der Waals surface area contributed by atoms with Crippen molar-refractivity contribution in [2.45, 2.75) is 19.9 Å². The summed E-state index contributed by atoms with van der Waals surface area (Å²) >= 11 is 6.44. The summed E-state index contributed by atoms with van der Waals surface area (Å²) in [7, 11) is 4.69. The Morgan fingerprint density at radius 1 is 1.09 bits per heavy atom. The van der Waals surface area contributed by atoms with E-state index in [9.17, 15) is 9.18 Å². The summed E-state index contributed by atoms with van der Waals surface area (Å²) in [4.78, 5) is 12.8. The highest BCUT2D eigenvalue weighted by atomic mass is 35.5. The van der Waals surface area contributed by atoms with E-state index in [1.165, 1.54) is 16.8 Å². The second-order valence-electron chi connectivity index (χ2n) is 7.05. The molecular weight excluding hydrogens is 437 g/mol. The summed E-state index contributed by atoms with van der Waals surface area (Å²) in [5.74, 6) is 1.18. The predicted molar refractivity (Wildman–Crippen MR) is 120 cm³/mol. The third-order valence-corrected chi connectivity index (χ3v) is 5.40. The number of methoxy groups -OCH3 is 3. The maximum atomic E-state index is 13.1. The molecule has 0 aliphatic heterocycles. The molecule has 0 saturated carbocycles. The van der Waals surface area contributed by atoms with Crippen LogP contribution in [0.15, 0.2) is 36.4 Å². The molecule has 0 aliphatic carbocycles. The Hall–Kier alpha value is -3.26. The Balaban J connectivity index is 1.71. The largest absolute Gasteiger partial charge is 0.496 e. The Kier molecular flexibility index (Phi) is 7.58. The van der Waals surface area contributed by atoms with Crippen molar-refractivity contribution in [3.8, 4) is 17.2 Å². The highest BCUT2D eigenvalue weighted by Crippen LogP contribution is 2.34. The molecule has 7 nitrogen and oxygen atoms in total. The van der Waals surface area contributed by atoms with Crippen LogP contribution in [0.25, 0.3) is 0 Å². The van der Waals surface area contributed by atoms with Crippen LogP contribution >= 0.6 is 11.6 Å². The molecule has 170 valence electrons. The van der Waals surface area contributed by atoms with E-state index in [1.807, 2.05) is 0 Å². The molecule has 2 aromatic carbocycles. The highest BCUT2D eigenvalue weighted by Gasteiger charge is 2.21. The number of hydrogen-bond donors (Lipinski definition) is 1. The lowest BCUT2D eigenvalue weighted by atomic mass is 10.1. The molecule has 0 unspecified atom stereocenters. The number of aryl methyl sites for hydroxylation is 1. The lowest BCUT2D eigenvalue weighted by molar-refractivity contribution is 0.0953. The zero-order chi connectivity index (χ0) is 23.3. The van der Waals surface area contributed by atoms with Gasteiger partial charge in [0, 0.05) is 24.2 Å². The molecule has 0 radical (unpaired) electrons. The van der Waals surface area contributed by atoms with Crippen LogP contribution in [0.5, 0.6) is 17.2 Å². The molecule has 0 atom stereocenters. The van der Waals surface area contributed by atoms with E-state index in [4.69, 9.17) is 25.8 Å². The van der Waals surface area contributed by atoms with Crippen LogP contribution in [0.1, 0.15) is 27.2 Å². The molecule has 1 N–H and O–H groups in total. The molecule has 0 aliphatic rings. The van der Waals surface area contributed by atoms with Gasteiger partial charge in [-0.1, -0.05) is 23.7 Å². The first-order valence-corrected chi connectivity index (χ1v) is 10.3. The number of carbonyl (C=O) groups is 1. The van der Waals surface area contributed by atoms with E-state index in [1.54, 1.807) is 52.5 Å². The van der Waals surface area contributed by atoms with Crippen molar-refractivity contribution in [3.05, 3.63) is 69.8 Å². The van der Waals surface area contributed by atoms with Crippen molar-refractivity contribution in [2.24, 2.45) is 0 Å². The van der Waals surface area contributed by atoms with Gasteiger partial charge >= 0.3 is 0 Å². The molecule has 0 saturated heterocycles. The van der Waals surface area contributed by atoms with Gasteiger partial charge in [-0.3, -0.25) is 4.79 Å². The van der Waals surface area contributed by atoms with Gasteiger partial charge in [0.25, 0.3) is 5.91 Å². The molecule has 1 heterocycles. The van der Waals surface area contributed by atoms with Crippen LogP contribution in [0.3, 0.4) is 0 Å². The van der Waals surface area contributed by atoms with Crippen molar-refractivity contribution in [2.75, 3.05) is 27.9 Å². The SMILES string of the molecule is COc1cc(OC)c(CCNC(=O)c2c(C)nn(Cc3ccc(F)cc3)c2Cl)c(OC)c1. The number of carbonyl (C=O) groups excluding carboxylic acids is 1. The maximum absolute atomic E-state index is 13.1. The topological polar surface area (TPSA) is 74.6 Å². The molecule has 0 spiro atoms. The Labute approximate surface area is 191 Å². The fourth-order valence-electron chi connectivity index (χ4n) is 3.39.